The van der Waals surface area contributed by atoms with Gasteiger partial charge in [0.1, 0.15) is 11.5 Å². The summed E-state index contributed by atoms with van der Waals surface area (Å²) in [4.78, 5) is 0. The number of hydrogen-bond donors (Lipinski definition) is 2. The minimum absolute atomic E-state index is 0.247. The topological polar surface area (TPSA) is 58.9 Å². The lowest BCUT2D eigenvalue weighted by Gasteiger charge is -2.30. The molecule has 0 saturated carbocycles. The molecule has 4 heteroatoms. The summed E-state index contributed by atoms with van der Waals surface area (Å²) in [5, 5.41) is 19.9. The van der Waals surface area contributed by atoms with Gasteiger partial charge in [0.15, 0.2) is 12.2 Å². The van der Waals surface area contributed by atoms with Crippen molar-refractivity contribution < 1.29 is 19.7 Å². The zero-order chi connectivity index (χ0) is 15.8. The molecule has 0 aromatic heterocycles. The summed E-state index contributed by atoms with van der Waals surface area (Å²) in [6, 6.07) is 18.4. The van der Waals surface area contributed by atoms with E-state index in [9.17, 15) is 10.2 Å². The molecule has 0 spiro atoms. The second kappa shape index (κ2) is 8.41. The Kier molecular flexibility index (Phi) is 6.25. The van der Waals surface area contributed by atoms with Crippen LogP contribution in [0.4, 0.5) is 0 Å². The van der Waals surface area contributed by atoms with E-state index < -0.39 is 18.3 Å². The van der Waals surface area contributed by atoms with Crippen molar-refractivity contribution >= 4 is 0 Å². The van der Waals surface area contributed by atoms with Crippen LogP contribution < -0.4 is 9.47 Å². The zero-order valence-corrected chi connectivity index (χ0v) is 12.6. The highest BCUT2D eigenvalue weighted by Gasteiger charge is 2.31. The van der Waals surface area contributed by atoms with Crippen molar-refractivity contribution in [3.8, 4) is 11.5 Å². The lowest BCUT2D eigenvalue weighted by molar-refractivity contribution is -0.0525. The van der Waals surface area contributed by atoms with E-state index in [1.54, 1.807) is 12.1 Å². The number of para-hydroxylation sites is 2. The number of ether oxygens (including phenoxy) is 2. The van der Waals surface area contributed by atoms with Gasteiger partial charge in [0.05, 0.1) is 12.7 Å². The summed E-state index contributed by atoms with van der Waals surface area (Å²) in [6.07, 6.45) is -1.54. The molecule has 0 bridgehead atoms. The first-order valence-corrected chi connectivity index (χ1v) is 7.47. The minimum atomic E-state index is -0.735. The van der Waals surface area contributed by atoms with Gasteiger partial charge in [0.25, 0.3) is 0 Å². The first kappa shape index (κ1) is 16.3. The van der Waals surface area contributed by atoms with Crippen molar-refractivity contribution in [2.45, 2.75) is 31.7 Å². The average molecular weight is 302 g/mol. The predicted molar refractivity (Wildman–Crippen MR) is 85.1 cm³/mol. The van der Waals surface area contributed by atoms with Crippen molar-refractivity contribution in [3.05, 3.63) is 60.7 Å². The third kappa shape index (κ3) is 4.48. The van der Waals surface area contributed by atoms with Crippen LogP contribution in [0.25, 0.3) is 0 Å². The summed E-state index contributed by atoms with van der Waals surface area (Å²) < 4.78 is 11.6. The van der Waals surface area contributed by atoms with Crippen LogP contribution in [-0.4, -0.2) is 35.1 Å². The maximum atomic E-state index is 10.2. The van der Waals surface area contributed by atoms with Crippen LogP contribution in [0.3, 0.4) is 0 Å². The Morgan fingerprint density at radius 1 is 0.864 bits per heavy atom. The molecule has 0 heterocycles. The molecular weight excluding hydrogens is 280 g/mol. The van der Waals surface area contributed by atoms with E-state index in [2.05, 4.69) is 0 Å². The lowest BCUT2D eigenvalue weighted by Crippen LogP contribution is -2.47. The Balaban J connectivity index is 2.14. The summed E-state index contributed by atoms with van der Waals surface area (Å²) in [5.41, 5.74) is 0. The maximum absolute atomic E-state index is 10.2. The normalized spacial score (nSPS) is 14.9. The Morgan fingerprint density at radius 3 is 1.82 bits per heavy atom. The van der Waals surface area contributed by atoms with Crippen molar-refractivity contribution in [2.75, 3.05) is 6.61 Å². The van der Waals surface area contributed by atoms with Gasteiger partial charge in [0.2, 0.25) is 0 Å². The number of rotatable bonds is 8. The molecular formula is C18H22O4. The van der Waals surface area contributed by atoms with Gasteiger partial charge in [-0.2, -0.15) is 0 Å². The molecule has 0 aliphatic rings. The first-order valence-electron chi connectivity index (χ1n) is 7.47. The smallest absolute Gasteiger partial charge is 0.163 e. The Hall–Kier alpha value is -2.04. The van der Waals surface area contributed by atoms with E-state index in [1.807, 2.05) is 55.5 Å². The fourth-order valence-electron chi connectivity index (χ4n) is 2.17. The zero-order valence-electron chi connectivity index (χ0n) is 12.6. The maximum Gasteiger partial charge on any atom is 0.163 e. The third-order valence-electron chi connectivity index (χ3n) is 3.39. The number of benzene rings is 2. The van der Waals surface area contributed by atoms with Crippen molar-refractivity contribution in [1.29, 1.82) is 0 Å². The van der Waals surface area contributed by atoms with Crippen LogP contribution in [0.5, 0.6) is 11.5 Å². The van der Waals surface area contributed by atoms with Gasteiger partial charge in [0, 0.05) is 0 Å². The second-order valence-electron chi connectivity index (χ2n) is 5.02. The minimum Gasteiger partial charge on any atom is -0.484 e. The van der Waals surface area contributed by atoms with Crippen LogP contribution >= 0.6 is 0 Å². The van der Waals surface area contributed by atoms with E-state index in [0.717, 1.165) is 0 Å². The summed E-state index contributed by atoms with van der Waals surface area (Å²) in [5.74, 6) is 1.27. The van der Waals surface area contributed by atoms with Crippen molar-refractivity contribution in [2.24, 2.45) is 0 Å². The summed E-state index contributed by atoms with van der Waals surface area (Å²) in [7, 11) is 0. The van der Waals surface area contributed by atoms with Gasteiger partial charge in [-0.3, -0.25) is 0 Å². The molecule has 0 fully saturated rings. The molecule has 0 aliphatic heterocycles. The molecule has 0 amide bonds. The average Bonchev–Trinajstić information content (AvgIpc) is 2.59. The van der Waals surface area contributed by atoms with Crippen LogP contribution in [0.1, 0.15) is 13.3 Å². The standard InChI is InChI=1S/C18H22O4/c1-2-16(20)18(22-15-11-7-4-8-12-15)17(13-19)21-14-9-5-3-6-10-14/h3-12,16-20H,2,13H2,1H3. The lowest BCUT2D eigenvalue weighted by atomic mass is 10.1. The fraction of sp³-hybridized carbons (Fsp3) is 0.333. The van der Waals surface area contributed by atoms with Crippen molar-refractivity contribution in [3.63, 3.8) is 0 Å². The van der Waals surface area contributed by atoms with Crippen LogP contribution in [0.2, 0.25) is 0 Å². The van der Waals surface area contributed by atoms with E-state index >= 15 is 0 Å². The molecule has 3 atom stereocenters. The Morgan fingerprint density at radius 2 is 1.36 bits per heavy atom. The second-order valence-corrected chi connectivity index (χ2v) is 5.02. The van der Waals surface area contributed by atoms with Gasteiger partial charge in [-0.15, -0.1) is 0 Å². The molecule has 118 valence electrons. The highest BCUT2D eigenvalue weighted by Crippen LogP contribution is 2.20. The van der Waals surface area contributed by atoms with Gasteiger partial charge in [-0.1, -0.05) is 43.3 Å². The molecule has 0 saturated heterocycles. The molecule has 2 rings (SSSR count). The largest absolute Gasteiger partial charge is 0.484 e. The number of aliphatic hydroxyl groups excluding tert-OH is 2. The number of hydrogen-bond acceptors (Lipinski definition) is 4. The van der Waals surface area contributed by atoms with E-state index in [-0.39, 0.29) is 6.61 Å². The van der Waals surface area contributed by atoms with Gasteiger partial charge in [-0.05, 0) is 30.7 Å². The SMILES string of the molecule is CCC(O)C(Oc1ccccc1)C(CO)Oc1ccccc1. The van der Waals surface area contributed by atoms with Gasteiger partial charge < -0.3 is 19.7 Å². The number of aliphatic hydroxyl groups is 2. The summed E-state index contributed by atoms with van der Waals surface area (Å²) in [6.45, 7) is 1.62. The predicted octanol–water partition coefficient (Wildman–Crippen LogP) is 2.64. The van der Waals surface area contributed by atoms with Crippen molar-refractivity contribution in [1.82, 2.24) is 0 Å². The quantitative estimate of drug-likeness (QED) is 0.787. The van der Waals surface area contributed by atoms with Crippen LogP contribution in [0.15, 0.2) is 60.7 Å². The Bertz CT molecular complexity index is 529. The highest BCUT2D eigenvalue weighted by molar-refractivity contribution is 5.23. The summed E-state index contributed by atoms with van der Waals surface area (Å²) >= 11 is 0. The third-order valence-corrected chi connectivity index (χ3v) is 3.39. The van der Waals surface area contributed by atoms with Crippen LogP contribution in [-0.2, 0) is 0 Å². The molecule has 2 aromatic carbocycles. The van der Waals surface area contributed by atoms with Gasteiger partial charge >= 0.3 is 0 Å². The van der Waals surface area contributed by atoms with E-state index in [4.69, 9.17) is 9.47 Å². The monoisotopic (exact) mass is 302 g/mol. The molecule has 3 unspecified atom stereocenters. The molecule has 4 nitrogen and oxygen atoms in total. The molecule has 2 aromatic rings. The molecule has 2 N–H and O–H groups in total. The van der Waals surface area contributed by atoms with E-state index in [0.29, 0.717) is 17.9 Å². The molecule has 0 aliphatic carbocycles. The van der Waals surface area contributed by atoms with E-state index in [1.165, 1.54) is 0 Å². The highest BCUT2D eigenvalue weighted by atomic mass is 16.6. The molecule has 0 radical (unpaired) electrons. The molecule has 22 heavy (non-hydrogen) atoms. The first-order chi connectivity index (χ1) is 10.7. The Labute approximate surface area is 130 Å². The van der Waals surface area contributed by atoms with Crippen LogP contribution in [0, 0.1) is 0 Å². The fourth-order valence-corrected chi connectivity index (χ4v) is 2.17. The van der Waals surface area contributed by atoms with Gasteiger partial charge in [-0.25, -0.2) is 0 Å².